The fourth-order valence-electron chi connectivity index (χ4n) is 6.70. The van der Waals surface area contributed by atoms with Crippen molar-refractivity contribution in [1.29, 1.82) is 0 Å². The zero-order chi connectivity index (χ0) is 17.9. The van der Waals surface area contributed by atoms with Gasteiger partial charge < -0.3 is 9.80 Å². The Labute approximate surface area is 156 Å². The summed E-state index contributed by atoms with van der Waals surface area (Å²) in [6.45, 7) is 8.12. The summed E-state index contributed by atoms with van der Waals surface area (Å²) < 4.78 is 1.23. The summed E-state index contributed by atoms with van der Waals surface area (Å²) in [4.78, 5) is 12.2. The van der Waals surface area contributed by atoms with Crippen LogP contribution >= 0.6 is 0 Å². The first-order chi connectivity index (χ1) is 12.7. The van der Waals surface area contributed by atoms with Crippen LogP contribution in [0.2, 0.25) is 0 Å². The van der Waals surface area contributed by atoms with Crippen LogP contribution in [0.5, 0.6) is 0 Å². The number of aldehydes is 1. The number of hydrogen-bond acceptors (Lipinski definition) is 2. The van der Waals surface area contributed by atoms with Gasteiger partial charge in [-0.15, -0.1) is 0 Å². The number of para-hydroxylation sites is 1. The molecule has 5 rings (SSSR count). The molecule has 2 bridgehead atoms. The molecule has 1 aliphatic carbocycles. The molecule has 136 valence electrons. The van der Waals surface area contributed by atoms with Gasteiger partial charge in [0.25, 0.3) is 0 Å². The molecule has 1 spiro atoms. The van der Waals surface area contributed by atoms with E-state index in [1.54, 1.807) is 0 Å². The topological polar surface area (TPSA) is 29.1 Å². The summed E-state index contributed by atoms with van der Waals surface area (Å²) in [5, 5.41) is 3.71. The third kappa shape index (κ3) is 1.80. The SMILES string of the molecule is CC=C1C[N+]2(CCCC)CCC34C(=C(C=O)C1CC32)Nc1ccccc14. The van der Waals surface area contributed by atoms with Gasteiger partial charge in [-0.3, -0.25) is 4.79 Å². The van der Waals surface area contributed by atoms with Crippen molar-refractivity contribution in [1.82, 2.24) is 0 Å². The van der Waals surface area contributed by atoms with Crippen molar-refractivity contribution in [2.24, 2.45) is 5.92 Å². The number of quaternary nitrogens is 1. The second-order valence-electron chi connectivity index (χ2n) is 8.69. The van der Waals surface area contributed by atoms with E-state index in [0.29, 0.717) is 12.0 Å². The molecule has 0 radical (unpaired) electrons. The van der Waals surface area contributed by atoms with E-state index in [4.69, 9.17) is 0 Å². The van der Waals surface area contributed by atoms with Crippen LogP contribution in [0.15, 0.2) is 47.2 Å². The largest absolute Gasteiger partial charge is 0.357 e. The van der Waals surface area contributed by atoms with Crippen LogP contribution in [0, 0.1) is 5.92 Å². The summed E-state index contributed by atoms with van der Waals surface area (Å²) in [5.74, 6) is 0.318. The Morgan fingerprint density at radius 1 is 1.35 bits per heavy atom. The first-order valence-corrected chi connectivity index (χ1v) is 10.3. The van der Waals surface area contributed by atoms with Crippen LogP contribution in [0.1, 0.15) is 45.1 Å². The molecule has 1 aromatic carbocycles. The number of carbonyl (C=O) groups excluding carboxylic acids is 1. The second-order valence-corrected chi connectivity index (χ2v) is 8.69. The Kier molecular flexibility index (Phi) is 3.49. The Morgan fingerprint density at radius 3 is 2.96 bits per heavy atom. The molecule has 3 heterocycles. The summed E-state index contributed by atoms with van der Waals surface area (Å²) in [7, 11) is 0. The molecule has 26 heavy (non-hydrogen) atoms. The van der Waals surface area contributed by atoms with E-state index in [-0.39, 0.29) is 5.41 Å². The van der Waals surface area contributed by atoms with Gasteiger partial charge in [0.15, 0.2) is 0 Å². The Bertz CT molecular complexity index is 838. The average Bonchev–Trinajstić information content (AvgIpc) is 3.20. The number of piperidine rings is 1. The number of unbranched alkanes of at least 4 members (excludes halogenated alkanes) is 1. The smallest absolute Gasteiger partial charge is 0.148 e. The van der Waals surface area contributed by atoms with Crippen molar-refractivity contribution in [3.63, 3.8) is 0 Å². The molecule has 0 aromatic heterocycles. The Balaban J connectivity index is 1.76. The van der Waals surface area contributed by atoms with Crippen LogP contribution in [0.4, 0.5) is 5.69 Å². The highest BCUT2D eigenvalue weighted by atomic mass is 16.1. The first-order valence-electron chi connectivity index (χ1n) is 10.3. The van der Waals surface area contributed by atoms with Crippen molar-refractivity contribution in [3.05, 3.63) is 52.7 Å². The van der Waals surface area contributed by atoms with Gasteiger partial charge in [-0.1, -0.05) is 37.6 Å². The highest BCUT2D eigenvalue weighted by Gasteiger charge is 2.68. The molecule has 4 aliphatic rings. The number of hydrogen-bond donors (Lipinski definition) is 1. The lowest BCUT2D eigenvalue weighted by Crippen LogP contribution is -2.63. The molecular weight excluding hydrogens is 320 g/mol. The van der Waals surface area contributed by atoms with E-state index in [1.807, 2.05) is 0 Å². The van der Waals surface area contributed by atoms with Crippen LogP contribution < -0.4 is 5.32 Å². The first kappa shape index (κ1) is 16.3. The number of carbonyl (C=O) groups is 1. The molecule has 4 atom stereocenters. The monoisotopic (exact) mass is 349 g/mol. The minimum atomic E-state index is 0.0380. The molecule has 0 saturated carbocycles. The maximum absolute atomic E-state index is 12.2. The third-order valence-electron chi connectivity index (χ3n) is 7.82. The molecule has 4 unspecified atom stereocenters. The third-order valence-corrected chi connectivity index (χ3v) is 7.82. The van der Waals surface area contributed by atoms with Gasteiger partial charge >= 0.3 is 0 Å². The van der Waals surface area contributed by atoms with Crippen LogP contribution in [0.3, 0.4) is 0 Å². The van der Waals surface area contributed by atoms with Gasteiger partial charge in [0, 0.05) is 35.7 Å². The summed E-state index contributed by atoms with van der Waals surface area (Å²) in [5.41, 5.74) is 6.47. The van der Waals surface area contributed by atoms with Crippen LogP contribution in [-0.2, 0) is 10.2 Å². The number of fused-ring (bicyclic) bond motifs is 2. The van der Waals surface area contributed by atoms with Crippen molar-refractivity contribution in [2.75, 3.05) is 25.0 Å². The standard InChI is InChI=1S/C23H28N2O/c1-3-5-11-25-12-10-23-19-8-6-7-9-20(19)24-22(23)18(15-26)17(13-21(23)25)16(4-2)14-25/h4,6-9,15,17,21H,3,5,10-14H2,1-2H3/p+1. The second kappa shape index (κ2) is 5.56. The molecule has 2 fully saturated rings. The van der Waals surface area contributed by atoms with Crippen molar-refractivity contribution in [2.45, 2.75) is 51.0 Å². The minimum Gasteiger partial charge on any atom is -0.357 e. The average molecular weight is 349 g/mol. The lowest BCUT2D eigenvalue weighted by molar-refractivity contribution is -0.941. The highest BCUT2D eigenvalue weighted by Crippen LogP contribution is 2.63. The number of allylic oxidation sites excluding steroid dienone is 2. The quantitative estimate of drug-likeness (QED) is 0.502. The molecule has 3 aliphatic heterocycles. The lowest BCUT2D eigenvalue weighted by atomic mass is 9.61. The number of rotatable bonds is 4. The summed E-state index contributed by atoms with van der Waals surface area (Å²) in [6, 6.07) is 9.39. The fraction of sp³-hybridized carbons (Fsp3) is 0.522. The van der Waals surface area contributed by atoms with E-state index in [0.717, 1.165) is 24.8 Å². The van der Waals surface area contributed by atoms with Gasteiger partial charge in [0.05, 0.1) is 18.5 Å². The molecule has 3 heteroatoms. The van der Waals surface area contributed by atoms with Crippen molar-refractivity contribution in [3.8, 4) is 0 Å². The van der Waals surface area contributed by atoms with E-state index in [1.165, 1.54) is 59.4 Å². The summed E-state index contributed by atoms with van der Waals surface area (Å²) >= 11 is 0. The zero-order valence-corrected chi connectivity index (χ0v) is 15.9. The maximum Gasteiger partial charge on any atom is 0.148 e. The van der Waals surface area contributed by atoms with Gasteiger partial charge in [-0.2, -0.15) is 0 Å². The summed E-state index contributed by atoms with van der Waals surface area (Å²) in [6.07, 6.45) is 8.31. The number of benzene rings is 1. The highest BCUT2D eigenvalue weighted by molar-refractivity contribution is 5.84. The molecule has 2 saturated heterocycles. The Morgan fingerprint density at radius 2 is 2.19 bits per heavy atom. The van der Waals surface area contributed by atoms with E-state index < -0.39 is 0 Å². The molecular formula is C23H29N2O+. The zero-order valence-electron chi connectivity index (χ0n) is 15.9. The normalized spacial score (nSPS) is 38.2. The van der Waals surface area contributed by atoms with Gasteiger partial charge in [0.1, 0.15) is 18.9 Å². The van der Waals surface area contributed by atoms with Gasteiger partial charge in [-0.25, -0.2) is 0 Å². The number of nitrogens with one attached hydrogen (secondary N) is 1. The predicted octanol–water partition coefficient (Wildman–Crippen LogP) is 4.17. The molecule has 1 N–H and O–H groups in total. The fourth-order valence-corrected chi connectivity index (χ4v) is 6.70. The minimum absolute atomic E-state index is 0.0380. The molecule has 3 nitrogen and oxygen atoms in total. The Hall–Kier alpha value is -1.87. The maximum atomic E-state index is 12.2. The lowest BCUT2D eigenvalue weighted by Gasteiger charge is -2.53. The predicted molar refractivity (Wildman–Crippen MR) is 105 cm³/mol. The van der Waals surface area contributed by atoms with Crippen LogP contribution in [0.25, 0.3) is 0 Å². The van der Waals surface area contributed by atoms with E-state index in [9.17, 15) is 4.79 Å². The molecule has 0 amide bonds. The van der Waals surface area contributed by atoms with Gasteiger partial charge in [-0.05, 0) is 30.5 Å². The molecule has 1 aromatic rings. The number of anilines is 1. The number of nitrogens with zero attached hydrogens (tertiary/aromatic N) is 1. The van der Waals surface area contributed by atoms with Crippen LogP contribution in [-0.4, -0.2) is 36.4 Å². The van der Waals surface area contributed by atoms with Crippen molar-refractivity contribution >= 4 is 12.0 Å². The van der Waals surface area contributed by atoms with E-state index >= 15 is 0 Å². The van der Waals surface area contributed by atoms with E-state index in [2.05, 4.69) is 49.5 Å². The van der Waals surface area contributed by atoms with Gasteiger partial charge in [0.2, 0.25) is 0 Å². The van der Waals surface area contributed by atoms with Crippen molar-refractivity contribution < 1.29 is 9.28 Å².